The van der Waals surface area contributed by atoms with Crippen molar-refractivity contribution in [1.29, 1.82) is 0 Å². The van der Waals surface area contributed by atoms with Gasteiger partial charge >= 0.3 is 0 Å². The zero-order valence-corrected chi connectivity index (χ0v) is 11.2. The van der Waals surface area contributed by atoms with Crippen molar-refractivity contribution in [2.75, 3.05) is 5.32 Å². The Labute approximate surface area is 113 Å². The molecule has 0 unspecified atom stereocenters. The third-order valence-corrected chi connectivity index (χ3v) is 3.03. The molecule has 0 radical (unpaired) electrons. The molecule has 0 spiro atoms. The number of benzene rings is 2. The summed E-state index contributed by atoms with van der Waals surface area (Å²) < 4.78 is 14.5. The number of nitrogens with one attached hydrogen (secondary N) is 1. The predicted octanol–water partition coefficient (Wildman–Crippen LogP) is 4.85. The lowest BCUT2D eigenvalue weighted by Gasteiger charge is -2.08. The quantitative estimate of drug-likeness (QED) is 0.853. The van der Waals surface area contributed by atoms with E-state index in [1.807, 2.05) is 24.3 Å². The topological polar surface area (TPSA) is 12.0 Å². The molecule has 0 aromatic heterocycles. The second-order valence-corrected chi connectivity index (χ2v) is 4.96. The second-order valence-electron chi connectivity index (χ2n) is 3.61. The average molecular weight is 315 g/mol. The highest BCUT2D eigenvalue weighted by Crippen LogP contribution is 2.20. The largest absolute Gasteiger partial charge is 0.379 e. The molecule has 0 saturated carbocycles. The molecule has 0 fully saturated rings. The van der Waals surface area contributed by atoms with E-state index in [1.54, 1.807) is 12.1 Å². The van der Waals surface area contributed by atoms with Crippen LogP contribution in [-0.4, -0.2) is 0 Å². The van der Waals surface area contributed by atoms with Crippen molar-refractivity contribution >= 4 is 33.2 Å². The molecule has 4 heteroatoms. The summed E-state index contributed by atoms with van der Waals surface area (Å²) in [7, 11) is 0. The minimum absolute atomic E-state index is 0.340. The van der Waals surface area contributed by atoms with Crippen LogP contribution in [0.2, 0.25) is 5.02 Å². The normalized spacial score (nSPS) is 10.3. The van der Waals surface area contributed by atoms with Gasteiger partial charge in [-0.2, -0.15) is 0 Å². The third-order valence-electron chi connectivity index (χ3n) is 2.30. The first kappa shape index (κ1) is 12.4. The molecule has 0 aliphatic rings. The van der Waals surface area contributed by atoms with Crippen molar-refractivity contribution in [2.45, 2.75) is 6.54 Å². The minimum atomic E-state index is -0.340. The summed E-state index contributed by atoms with van der Waals surface area (Å²) in [6.45, 7) is 0.567. The summed E-state index contributed by atoms with van der Waals surface area (Å²) in [4.78, 5) is 0. The van der Waals surface area contributed by atoms with Gasteiger partial charge in [0, 0.05) is 16.0 Å². The van der Waals surface area contributed by atoms with Gasteiger partial charge in [-0.05, 0) is 35.9 Å². The highest BCUT2D eigenvalue weighted by atomic mass is 79.9. The Morgan fingerprint density at radius 2 is 2.00 bits per heavy atom. The highest BCUT2D eigenvalue weighted by molar-refractivity contribution is 9.10. The van der Waals surface area contributed by atoms with Crippen LogP contribution in [0.3, 0.4) is 0 Å². The molecule has 0 aliphatic carbocycles. The maximum absolute atomic E-state index is 13.5. The summed E-state index contributed by atoms with van der Waals surface area (Å²) in [6.07, 6.45) is 0. The molecule has 2 rings (SSSR count). The van der Waals surface area contributed by atoms with E-state index in [2.05, 4.69) is 21.2 Å². The first-order chi connectivity index (χ1) is 8.15. The smallest absolute Gasteiger partial charge is 0.147 e. The number of hydrogen-bond donors (Lipinski definition) is 1. The van der Waals surface area contributed by atoms with E-state index in [1.165, 1.54) is 6.07 Å². The van der Waals surface area contributed by atoms with Gasteiger partial charge in [-0.3, -0.25) is 0 Å². The third kappa shape index (κ3) is 3.45. The van der Waals surface area contributed by atoms with E-state index in [0.717, 1.165) is 10.0 Å². The summed E-state index contributed by atoms with van der Waals surface area (Å²) in [6, 6.07) is 12.5. The van der Waals surface area contributed by atoms with Crippen molar-refractivity contribution in [3.8, 4) is 0 Å². The predicted molar refractivity (Wildman–Crippen MR) is 72.9 cm³/mol. The molecule has 1 N–H and O–H groups in total. The molecule has 0 amide bonds. The number of halogens is 3. The van der Waals surface area contributed by atoms with Crippen LogP contribution in [0.5, 0.6) is 0 Å². The lowest BCUT2D eigenvalue weighted by molar-refractivity contribution is 0.630. The van der Waals surface area contributed by atoms with Crippen LogP contribution in [0.4, 0.5) is 10.1 Å². The molecule has 1 nitrogen and oxygen atoms in total. The molecular weight excluding hydrogens is 305 g/mol. The maximum Gasteiger partial charge on any atom is 0.147 e. The summed E-state index contributed by atoms with van der Waals surface area (Å²) in [5.41, 5.74) is 1.53. The molecule has 2 aromatic rings. The van der Waals surface area contributed by atoms with E-state index in [0.29, 0.717) is 17.3 Å². The van der Waals surface area contributed by atoms with Crippen LogP contribution in [0.25, 0.3) is 0 Å². The summed E-state index contributed by atoms with van der Waals surface area (Å²) >= 11 is 9.07. The average Bonchev–Trinajstić information content (AvgIpc) is 2.28. The second kappa shape index (κ2) is 5.52. The molecule has 0 saturated heterocycles. The molecular formula is C13H10BrClFN. The van der Waals surface area contributed by atoms with Crippen molar-refractivity contribution < 1.29 is 4.39 Å². The van der Waals surface area contributed by atoms with Gasteiger partial charge in [0.05, 0.1) is 5.69 Å². The Morgan fingerprint density at radius 1 is 1.18 bits per heavy atom. The first-order valence-corrected chi connectivity index (χ1v) is 6.25. The molecule has 0 bridgehead atoms. The summed E-state index contributed by atoms with van der Waals surface area (Å²) in [5, 5.41) is 3.43. The van der Waals surface area contributed by atoms with Crippen molar-refractivity contribution in [2.24, 2.45) is 0 Å². The maximum atomic E-state index is 13.5. The van der Waals surface area contributed by atoms with Crippen molar-refractivity contribution in [3.05, 3.63) is 63.3 Å². The van der Waals surface area contributed by atoms with E-state index in [4.69, 9.17) is 11.6 Å². The summed E-state index contributed by atoms with van der Waals surface area (Å²) in [5.74, 6) is -0.340. The zero-order chi connectivity index (χ0) is 12.3. The van der Waals surface area contributed by atoms with Gasteiger partial charge in [-0.1, -0.05) is 39.7 Å². The standard InChI is InChI=1S/C13H10BrClFN/c14-10-3-1-2-9(6-10)8-17-13-5-4-11(15)7-12(13)16/h1-7,17H,8H2. The van der Waals surface area contributed by atoms with Gasteiger partial charge in [0.25, 0.3) is 0 Å². The number of rotatable bonds is 3. The first-order valence-electron chi connectivity index (χ1n) is 5.08. The van der Waals surface area contributed by atoms with Gasteiger partial charge in [0.2, 0.25) is 0 Å². The zero-order valence-electron chi connectivity index (χ0n) is 8.88. The van der Waals surface area contributed by atoms with Crippen LogP contribution in [0, 0.1) is 5.82 Å². The Hall–Kier alpha value is -1.06. The van der Waals surface area contributed by atoms with Crippen molar-refractivity contribution in [1.82, 2.24) is 0 Å². The van der Waals surface area contributed by atoms with Crippen LogP contribution >= 0.6 is 27.5 Å². The van der Waals surface area contributed by atoms with Crippen LogP contribution in [-0.2, 0) is 6.54 Å². The van der Waals surface area contributed by atoms with Gasteiger partial charge in [-0.15, -0.1) is 0 Å². The highest BCUT2D eigenvalue weighted by Gasteiger charge is 2.02. The molecule has 0 heterocycles. The Bertz CT molecular complexity index is 531. The lowest BCUT2D eigenvalue weighted by atomic mass is 10.2. The van der Waals surface area contributed by atoms with Gasteiger partial charge < -0.3 is 5.32 Å². The fraction of sp³-hybridized carbons (Fsp3) is 0.0769. The van der Waals surface area contributed by atoms with Crippen LogP contribution < -0.4 is 5.32 Å². The molecule has 0 aliphatic heterocycles. The SMILES string of the molecule is Fc1cc(Cl)ccc1NCc1cccc(Br)c1. The minimum Gasteiger partial charge on any atom is -0.379 e. The fourth-order valence-corrected chi connectivity index (χ4v) is 2.08. The Kier molecular flexibility index (Phi) is 4.02. The monoisotopic (exact) mass is 313 g/mol. The van der Waals surface area contributed by atoms with E-state index >= 15 is 0 Å². The Balaban J connectivity index is 2.07. The Morgan fingerprint density at radius 3 is 2.71 bits per heavy atom. The number of hydrogen-bond acceptors (Lipinski definition) is 1. The number of anilines is 1. The molecule has 88 valence electrons. The molecule has 0 atom stereocenters. The van der Waals surface area contributed by atoms with Gasteiger partial charge in [0.15, 0.2) is 0 Å². The van der Waals surface area contributed by atoms with Crippen LogP contribution in [0.1, 0.15) is 5.56 Å². The lowest BCUT2D eigenvalue weighted by Crippen LogP contribution is -2.01. The van der Waals surface area contributed by atoms with E-state index in [9.17, 15) is 4.39 Å². The van der Waals surface area contributed by atoms with Crippen LogP contribution in [0.15, 0.2) is 46.9 Å². The molecule has 17 heavy (non-hydrogen) atoms. The van der Waals surface area contributed by atoms with Crippen molar-refractivity contribution in [3.63, 3.8) is 0 Å². The van der Waals surface area contributed by atoms with E-state index in [-0.39, 0.29) is 5.82 Å². The molecule has 2 aromatic carbocycles. The van der Waals surface area contributed by atoms with Gasteiger partial charge in [-0.25, -0.2) is 4.39 Å². The van der Waals surface area contributed by atoms with Gasteiger partial charge in [0.1, 0.15) is 5.82 Å². The fourth-order valence-electron chi connectivity index (χ4n) is 1.48. The van der Waals surface area contributed by atoms with E-state index < -0.39 is 0 Å².